The number of halogens is 1. The number of rotatable bonds is 10. The topological polar surface area (TPSA) is 59.9 Å². The van der Waals surface area contributed by atoms with E-state index in [0.717, 1.165) is 16.0 Å². The van der Waals surface area contributed by atoms with E-state index in [-0.39, 0.29) is 5.91 Å². The Labute approximate surface area is 191 Å². The summed E-state index contributed by atoms with van der Waals surface area (Å²) in [6.45, 7) is 0.453. The van der Waals surface area contributed by atoms with Gasteiger partial charge in [-0.3, -0.25) is 4.79 Å². The smallest absolute Gasteiger partial charge is 0.240 e. The number of nitrogens with one attached hydrogen (secondary N) is 1. The molecule has 0 heterocycles. The average molecular weight is 455 g/mol. The molecule has 1 N–H and O–H groups in total. The first-order valence-electron chi connectivity index (χ1n) is 9.69. The lowest BCUT2D eigenvalue weighted by Crippen LogP contribution is -2.17. The van der Waals surface area contributed by atoms with E-state index in [1.165, 1.54) is 0 Å². The highest BCUT2D eigenvalue weighted by Crippen LogP contribution is 2.28. The minimum Gasteiger partial charge on any atom is -0.493 e. The first-order chi connectivity index (χ1) is 15.1. The number of hydrazone groups is 1. The van der Waals surface area contributed by atoms with E-state index in [0.29, 0.717) is 35.3 Å². The van der Waals surface area contributed by atoms with E-state index >= 15 is 0 Å². The van der Waals surface area contributed by atoms with Crippen LogP contribution in [0.5, 0.6) is 11.5 Å². The molecule has 7 heteroatoms. The molecule has 0 fully saturated rings. The lowest BCUT2D eigenvalue weighted by atomic mass is 10.2. The molecule has 0 spiro atoms. The van der Waals surface area contributed by atoms with Crippen LogP contribution < -0.4 is 14.9 Å². The molecule has 5 nitrogen and oxygen atoms in total. The SMILES string of the molecule is COc1cc(/C=N/NC(=O)CCSc2ccc(Cl)cc2)ccc1OCc1ccccc1. The molecule has 31 heavy (non-hydrogen) atoms. The summed E-state index contributed by atoms with van der Waals surface area (Å²) < 4.78 is 11.3. The third-order valence-corrected chi connectivity index (χ3v) is 5.50. The second-order valence-corrected chi connectivity index (χ2v) is 8.13. The molecular formula is C24H23ClN2O3S. The first-order valence-corrected chi connectivity index (χ1v) is 11.1. The van der Waals surface area contributed by atoms with E-state index in [9.17, 15) is 4.79 Å². The van der Waals surface area contributed by atoms with Crippen molar-refractivity contribution < 1.29 is 14.3 Å². The van der Waals surface area contributed by atoms with Crippen molar-refractivity contribution in [3.63, 3.8) is 0 Å². The Hall–Kier alpha value is -2.96. The molecule has 0 atom stereocenters. The molecule has 0 radical (unpaired) electrons. The molecule has 0 aliphatic heterocycles. The summed E-state index contributed by atoms with van der Waals surface area (Å²) in [7, 11) is 1.59. The number of hydrogen-bond acceptors (Lipinski definition) is 5. The van der Waals surface area contributed by atoms with Gasteiger partial charge in [-0.15, -0.1) is 11.8 Å². The number of thioether (sulfide) groups is 1. The van der Waals surface area contributed by atoms with Crippen LogP contribution in [0.3, 0.4) is 0 Å². The molecule has 0 aliphatic rings. The molecule has 0 aliphatic carbocycles. The van der Waals surface area contributed by atoms with Crippen molar-refractivity contribution in [3.8, 4) is 11.5 Å². The zero-order valence-electron chi connectivity index (χ0n) is 17.1. The molecule has 0 saturated carbocycles. The zero-order valence-corrected chi connectivity index (χ0v) is 18.7. The van der Waals surface area contributed by atoms with Gasteiger partial charge < -0.3 is 9.47 Å². The summed E-state index contributed by atoms with van der Waals surface area (Å²) >= 11 is 7.46. The van der Waals surface area contributed by atoms with Gasteiger partial charge in [0.2, 0.25) is 5.91 Å². The van der Waals surface area contributed by atoms with Crippen molar-refractivity contribution in [2.45, 2.75) is 17.9 Å². The van der Waals surface area contributed by atoms with Gasteiger partial charge in [-0.05, 0) is 53.6 Å². The van der Waals surface area contributed by atoms with Crippen molar-refractivity contribution in [2.75, 3.05) is 12.9 Å². The van der Waals surface area contributed by atoms with Gasteiger partial charge >= 0.3 is 0 Å². The van der Waals surface area contributed by atoms with E-state index in [1.807, 2.05) is 72.8 Å². The van der Waals surface area contributed by atoms with Crippen LogP contribution in [-0.4, -0.2) is 25.0 Å². The molecule has 0 aromatic heterocycles. The van der Waals surface area contributed by atoms with Crippen molar-refractivity contribution >= 4 is 35.5 Å². The minimum absolute atomic E-state index is 0.146. The van der Waals surface area contributed by atoms with Crippen LogP contribution in [0.1, 0.15) is 17.5 Å². The Balaban J connectivity index is 1.46. The predicted molar refractivity (Wildman–Crippen MR) is 126 cm³/mol. The lowest BCUT2D eigenvalue weighted by Gasteiger charge is -2.11. The van der Waals surface area contributed by atoms with Crippen LogP contribution in [0.25, 0.3) is 0 Å². The first kappa shape index (κ1) is 22.7. The maximum Gasteiger partial charge on any atom is 0.240 e. The Bertz CT molecular complexity index is 1010. The Kier molecular flexibility index (Phi) is 8.82. The highest BCUT2D eigenvalue weighted by molar-refractivity contribution is 7.99. The number of carbonyl (C=O) groups excluding carboxylic acids is 1. The van der Waals surface area contributed by atoms with Gasteiger partial charge in [-0.1, -0.05) is 41.9 Å². The fraction of sp³-hybridized carbons (Fsp3) is 0.167. The molecular weight excluding hydrogens is 432 g/mol. The van der Waals surface area contributed by atoms with Crippen LogP contribution in [0.15, 0.2) is 82.8 Å². The van der Waals surface area contributed by atoms with Gasteiger partial charge in [0.05, 0.1) is 13.3 Å². The summed E-state index contributed by atoms with van der Waals surface area (Å²) in [5.74, 6) is 1.76. The lowest BCUT2D eigenvalue weighted by molar-refractivity contribution is -0.120. The number of ether oxygens (including phenoxy) is 2. The highest BCUT2D eigenvalue weighted by Gasteiger charge is 2.06. The second kappa shape index (κ2) is 12.0. The van der Waals surface area contributed by atoms with Crippen LogP contribution in [-0.2, 0) is 11.4 Å². The van der Waals surface area contributed by atoms with Crippen LogP contribution >= 0.6 is 23.4 Å². The van der Waals surface area contributed by atoms with E-state index in [2.05, 4.69) is 10.5 Å². The zero-order chi connectivity index (χ0) is 21.9. The number of benzene rings is 3. The quantitative estimate of drug-likeness (QED) is 0.247. The normalized spacial score (nSPS) is 10.8. The molecule has 3 aromatic carbocycles. The summed E-state index contributed by atoms with van der Waals surface area (Å²) in [4.78, 5) is 13.0. The number of nitrogens with zero attached hydrogens (tertiary/aromatic N) is 1. The van der Waals surface area contributed by atoms with Crippen LogP contribution in [0, 0.1) is 0 Å². The Morgan fingerprint density at radius 2 is 1.84 bits per heavy atom. The largest absolute Gasteiger partial charge is 0.493 e. The summed E-state index contributed by atoms with van der Waals surface area (Å²) in [5, 5.41) is 4.73. The van der Waals surface area contributed by atoms with Gasteiger partial charge in [0.1, 0.15) is 6.61 Å². The number of hydrogen-bond donors (Lipinski definition) is 1. The molecule has 1 amide bonds. The maximum atomic E-state index is 12.0. The minimum atomic E-state index is -0.146. The second-order valence-electron chi connectivity index (χ2n) is 6.53. The van der Waals surface area contributed by atoms with Crippen LogP contribution in [0.2, 0.25) is 5.02 Å². The average Bonchev–Trinajstić information content (AvgIpc) is 2.80. The molecule has 0 unspecified atom stereocenters. The van der Waals surface area contributed by atoms with E-state index in [1.54, 1.807) is 25.1 Å². The van der Waals surface area contributed by atoms with Gasteiger partial charge in [0, 0.05) is 22.1 Å². The van der Waals surface area contributed by atoms with Crippen LogP contribution in [0.4, 0.5) is 0 Å². The Morgan fingerprint density at radius 3 is 2.58 bits per heavy atom. The maximum absolute atomic E-state index is 12.0. The summed E-state index contributed by atoms with van der Waals surface area (Å²) in [5.41, 5.74) is 4.42. The molecule has 0 bridgehead atoms. The fourth-order valence-electron chi connectivity index (χ4n) is 2.65. The monoisotopic (exact) mass is 454 g/mol. The fourth-order valence-corrected chi connectivity index (χ4v) is 3.62. The van der Waals surface area contributed by atoms with Gasteiger partial charge in [-0.2, -0.15) is 5.10 Å². The predicted octanol–water partition coefficient (Wildman–Crippen LogP) is 5.56. The van der Waals surface area contributed by atoms with E-state index in [4.69, 9.17) is 21.1 Å². The molecule has 160 valence electrons. The van der Waals surface area contributed by atoms with Crippen molar-refractivity contribution in [2.24, 2.45) is 5.10 Å². The van der Waals surface area contributed by atoms with Gasteiger partial charge in [0.15, 0.2) is 11.5 Å². The van der Waals surface area contributed by atoms with Gasteiger partial charge in [-0.25, -0.2) is 5.43 Å². The summed E-state index contributed by atoms with van der Waals surface area (Å²) in [6.07, 6.45) is 1.94. The number of amides is 1. The van der Waals surface area contributed by atoms with E-state index < -0.39 is 0 Å². The number of methoxy groups -OCH3 is 1. The molecule has 0 saturated heterocycles. The molecule has 3 aromatic rings. The number of carbonyl (C=O) groups is 1. The third-order valence-electron chi connectivity index (χ3n) is 4.24. The highest BCUT2D eigenvalue weighted by atomic mass is 35.5. The van der Waals surface area contributed by atoms with Crippen molar-refractivity contribution in [3.05, 3.63) is 88.9 Å². The Morgan fingerprint density at radius 1 is 1.06 bits per heavy atom. The third kappa shape index (κ3) is 7.66. The van der Waals surface area contributed by atoms with Crippen molar-refractivity contribution in [1.82, 2.24) is 5.43 Å². The summed E-state index contributed by atoms with van der Waals surface area (Å²) in [6, 6.07) is 23.0. The standard InChI is InChI=1S/C24H23ClN2O3S/c1-29-23-15-19(7-12-22(23)30-17-18-5-3-2-4-6-18)16-26-27-24(28)13-14-31-21-10-8-20(25)9-11-21/h2-12,15-16H,13-14,17H2,1H3,(H,27,28)/b26-16+. The van der Waals surface area contributed by atoms with Crippen molar-refractivity contribution in [1.29, 1.82) is 0 Å². The van der Waals surface area contributed by atoms with Gasteiger partial charge in [0.25, 0.3) is 0 Å². The molecule has 3 rings (SSSR count).